The van der Waals surface area contributed by atoms with Crippen molar-refractivity contribution in [1.82, 2.24) is 5.32 Å². The molecule has 1 amide bonds. The number of carbonyl (C=O) groups is 1. The van der Waals surface area contributed by atoms with Crippen molar-refractivity contribution in [3.8, 4) is 0 Å². The minimum absolute atomic E-state index is 0.147. The summed E-state index contributed by atoms with van der Waals surface area (Å²) in [5, 5.41) is 12.5. The van der Waals surface area contributed by atoms with Gasteiger partial charge in [-0.15, -0.1) is 0 Å². The molecule has 0 saturated heterocycles. The average molecular weight is 245 g/mol. The topological polar surface area (TPSA) is 49.3 Å². The summed E-state index contributed by atoms with van der Waals surface area (Å²) in [6.45, 7) is 2.85. The first kappa shape index (κ1) is 13.8. The second kappa shape index (κ2) is 7.96. The Hall–Kier alpha value is -0.220. The molecule has 1 saturated carbocycles. The molecular weight excluding hydrogens is 222 g/mol. The number of thioether (sulfide) groups is 1. The molecule has 1 rings (SSSR count). The molecule has 0 aromatic rings. The van der Waals surface area contributed by atoms with Gasteiger partial charge >= 0.3 is 0 Å². The second-order valence-electron chi connectivity index (χ2n) is 4.44. The summed E-state index contributed by atoms with van der Waals surface area (Å²) in [5.74, 6) is 2.62. The minimum Gasteiger partial charge on any atom is -0.393 e. The van der Waals surface area contributed by atoms with Crippen molar-refractivity contribution in [2.45, 2.75) is 45.1 Å². The van der Waals surface area contributed by atoms with Gasteiger partial charge in [0.15, 0.2) is 0 Å². The summed E-state index contributed by atoms with van der Waals surface area (Å²) in [4.78, 5) is 11.5. The molecule has 2 N–H and O–H groups in total. The molecule has 0 bridgehead atoms. The third kappa shape index (κ3) is 5.75. The molecule has 0 spiro atoms. The van der Waals surface area contributed by atoms with Gasteiger partial charge in [-0.1, -0.05) is 13.3 Å². The molecule has 16 heavy (non-hydrogen) atoms. The molecule has 0 heterocycles. The lowest BCUT2D eigenvalue weighted by molar-refractivity contribution is -0.121. The van der Waals surface area contributed by atoms with Crippen LogP contribution in [0.15, 0.2) is 0 Å². The van der Waals surface area contributed by atoms with E-state index in [1.807, 2.05) is 0 Å². The first-order valence-corrected chi connectivity index (χ1v) is 7.40. The maximum Gasteiger partial charge on any atom is 0.220 e. The largest absolute Gasteiger partial charge is 0.393 e. The number of hydrogen-bond acceptors (Lipinski definition) is 3. The number of aliphatic hydroxyl groups is 1. The Balaban J connectivity index is 2.06. The monoisotopic (exact) mass is 245 g/mol. The van der Waals surface area contributed by atoms with E-state index in [0.717, 1.165) is 43.7 Å². The van der Waals surface area contributed by atoms with Crippen LogP contribution < -0.4 is 5.32 Å². The lowest BCUT2D eigenvalue weighted by Crippen LogP contribution is -2.33. The van der Waals surface area contributed by atoms with E-state index >= 15 is 0 Å². The van der Waals surface area contributed by atoms with Crippen LogP contribution in [-0.4, -0.2) is 35.2 Å². The van der Waals surface area contributed by atoms with Gasteiger partial charge in [0.2, 0.25) is 5.91 Å². The van der Waals surface area contributed by atoms with Crippen LogP contribution in [0.2, 0.25) is 0 Å². The highest BCUT2D eigenvalue weighted by molar-refractivity contribution is 7.99. The fourth-order valence-electron chi connectivity index (χ4n) is 2.10. The fourth-order valence-corrected chi connectivity index (χ4v) is 2.72. The average Bonchev–Trinajstić information content (AvgIpc) is 2.27. The zero-order valence-electron chi connectivity index (χ0n) is 10.1. The van der Waals surface area contributed by atoms with Crippen LogP contribution in [0, 0.1) is 5.92 Å². The predicted octanol–water partition coefficient (Wildman–Crippen LogP) is 1.80. The second-order valence-corrected chi connectivity index (χ2v) is 5.83. The fraction of sp³-hybridized carbons (Fsp3) is 0.917. The molecule has 1 aliphatic carbocycles. The molecule has 0 aliphatic heterocycles. The van der Waals surface area contributed by atoms with Crippen molar-refractivity contribution in [2.24, 2.45) is 5.92 Å². The van der Waals surface area contributed by atoms with Crippen LogP contribution in [0.4, 0.5) is 0 Å². The Morgan fingerprint density at radius 1 is 1.50 bits per heavy atom. The maximum absolute atomic E-state index is 11.5. The van der Waals surface area contributed by atoms with Crippen molar-refractivity contribution >= 4 is 17.7 Å². The van der Waals surface area contributed by atoms with E-state index in [1.54, 1.807) is 11.8 Å². The number of aliphatic hydroxyl groups excluding tert-OH is 1. The molecule has 1 fully saturated rings. The summed E-state index contributed by atoms with van der Waals surface area (Å²) < 4.78 is 0. The van der Waals surface area contributed by atoms with Gasteiger partial charge in [0.05, 0.1) is 6.10 Å². The lowest BCUT2D eigenvalue weighted by atomic mass is 9.87. The van der Waals surface area contributed by atoms with Crippen LogP contribution in [0.5, 0.6) is 0 Å². The molecular formula is C12H23NO2S. The molecule has 3 nitrogen and oxygen atoms in total. The van der Waals surface area contributed by atoms with Crippen molar-refractivity contribution in [1.29, 1.82) is 0 Å². The first-order chi connectivity index (χ1) is 7.72. The van der Waals surface area contributed by atoms with Crippen molar-refractivity contribution in [3.63, 3.8) is 0 Å². The van der Waals surface area contributed by atoms with Gasteiger partial charge in [0.25, 0.3) is 0 Å². The minimum atomic E-state index is -0.147. The lowest BCUT2D eigenvalue weighted by Gasteiger charge is -2.25. The van der Waals surface area contributed by atoms with E-state index in [-0.39, 0.29) is 12.0 Å². The summed E-state index contributed by atoms with van der Waals surface area (Å²) in [5.41, 5.74) is 0. The molecule has 0 radical (unpaired) electrons. The Kier molecular flexibility index (Phi) is 6.88. The van der Waals surface area contributed by atoms with Gasteiger partial charge in [-0.3, -0.25) is 4.79 Å². The first-order valence-electron chi connectivity index (χ1n) is 6.25. The summed E-state index contributed by atoms with van der Waals surface area (Å²) in [6, 6.07) is 0. The Morgan fingerprint density at radius 2 is 2.31 bits per heavy atom. The highest BCUT2D eigenvalue weighted by Crippen LogP contribution is 2.23. The number of amides is 1. The Morgan fingerprint density at radius 3 is 3.00 bits per heavy atom. The Bertz CT molecular complexity index is 211. The van der Waals surface area contributed by atoms with Gasteiger partial charge in [0.1, 0.15) is 0 Å². The van der Waals surface area contributed by atoms with E-state index in [9.17, 15) is 9.90 Å². The standard InChI is InChI=1S/C12H23NO2S/c1-2-16-7-6-12(15)13-9-10-4-3-5-11(14)8-10/h10-11,14H,2-9H2,1H3,(H,13,15). The molecule has 0 aromatic carbocycles. The predicted molar refractivity (Wildman–Crippen MR) is 68.6 cm³/mol. The van der Waals surface area contributed by atoms with Crippen LogP contribution >= 0.6 is 11.8 Å². The highest BCUT2D eigenvalue weighted by Gasteiger charge is 2.20. The van der Waals surface area contributed by atoms with E-state index < -0.39 is 0 Å². The maximum atomic E-state index is 11.5. The molecule has 2 atom stereocenters. The van der Waals surface area contributed by atoms with E-state index in [4.69, 9.17) is 0 Å². The number of hydrogen-bond donors (Lipinski definition) is 2. The smallest absolute Gasteiger partial charge is 0.220 e. The molecule has 94 valence electrons. The van der Waals surface area contributed by atoms with Gasteiger partial charge in [-0.25, -0.2) is 0 Å². The Labute approximate surface area is 102 Å². The third-order valence-electron chi connectivity index (χ3n) is 3.02. The van der Waals surface area contributed by atoms with Gasteiger partial charge < -0.3 is 10.4 Å². The van der Waals surface area contributed by atoms with Crippen LogP contribution in [0.3, 0.4) is 0 Å². The zero-order valence-corrected chi connectivity index (χ0v) is 10.9. The van der Waals surface area contributed by atoms with Crippen LogP contribution in [0.1, 0.15) is 39.0 Å². The van der Waals surface area contributed by atoms with Crippen LogP contribution in [0.25, 0.3) is 0 Å². The molecule has 2 unspecified atom stereocenters. The van der Waals surface area contributed by atoms with Gasteiger partial charge in [-0.05, 0) is 30.9 Å². The number of nitrogens with one attached hydrogen (secondary N) is 1. The highest BCUT2D eigenvalue weighted by atomic mass is 32.2. The SMILES string of the molecule is CCSCCC(=O)NCC1CCCC(O)C1. The summed E-state index contributed by atoms with van der Waals surface area (Å²) in [7, 11) is 0. The van der Waals surface area contributed by atoms with Gasteiger partial charge in [0, 0.05) is 18.7 Å². The number of rotatable bonds is 6. The molecule has 4 heteroatoms. The van der Waals surface area contributed by atoms with E-state index in [1.165, 1.54) is 0 Å². The van der Waals surface area contributed by atoms with Crippen molar-refractivity contribution in [3.05, 3.63) is 0 Å². The van der Waals surface area contributed by atoms with E-state index in [2.05, 4.69) is 12.2 Å². The van der Waals surface area contributed by atoms with Gasteiger partial charge in [-0.2, -0.15) is 11.8 Å². The van der Waals surface area contributed by atoms with Crippen molar-refractivity contribution in [2.75, 3.05) is 18.1 Å². The van der Waals surface area contributed by atoms with E-state index in [0.29, 0.717) is 12.3 Å². The summed E-state index contributed by atoms with van der Waals surface area (Å²) in [6.07, 6.45) is 4.48. The van der Waals surface area contributed by atoms with Crippen LogP contribution in [-0.2, 0) is 4.79 Å². The van der Waals surface area contributed by atoms with Crippen molar-refractivity contribution < 1.29 is 9.90 Å². The molecule has 1 aliphatic rings. The number of carbonyl (C=O) groups excluding carboxylic acids is 1. The zero-order chi connectivity index (χ0) is 11.8. The molecule has 0 aromatic heterocycles. The summed E-state index contributed by atoms with van der Waals surface area (Å²) >= 11 is 1.80. The quantitative estimate of drug-likeness (QED) is 0.702. The third-order valence-corrected chi connectivity index (χ3v) is 3.92. The normalized spacial score (nSPS) is 25.4.